The van der Waals surface area contributed by atoms with Gasteiger partial charge in [0, 0.05) is 17.0 Å². The fraction of sp³-hybridized carbons (Fsp3) is 0.0455. The molecular weight excluding hydrogens is 384 g/mol. The highest BCUT2D eigenvalue weighted by atomic mass is 16.6. The standard InChI is InChI=1S/C22H16N4O4/c1-30-20-9-5-3-7-16(20)19-12-17(15-6-2-4-8-18(15)24-19)22(27)25-21-11-10-14(13-23-21)26(28)29/h2-13H,1H3,(H,23,25,27). The second kappa shape index (κ2) is 7.96. The van der Waals surface area contributed by atoms with Crippen molar-refractivity contribution >= 4 is 28.3 Å². The first kappa shape index (κ1) is 19.0. The first-order valence-corrected chi connectivity index (χ1v) is 9.02. The third-order valence-electron chi connectivity index (χ3n) is 4.54. The maximum absolute atomic E-state index is 13.0. The highest BCUT2D eigenvalue weighted by Crippen LogP contribution is 2.31. The van der Waals surface area contributed by atoms with E-state index < -0.39 is 10.8 Å². The molecule has 148 valence electrons. The molecule has 2 aromatic carbocycles. The number of fused-ring (bicyclic) bond motifs is 1. The Morgan fingerprint density at radius 3 is 2.57 bits per heavy atom. The number of methoxy groups -OCH3 is 1. The topological polar surface area (TPSA) is 107 Å². The van der Waals surface area contributed by atoms with Crippen LogP contribution < -0.4 is 10.1 Å². The first-order chi connectivity index (χ1) is 14.6. The number of nitrogens with one attached hydrogen (secondary N) is 1. The third kappa shape index (κ3) is 3.66. The van der Waals surface area contributed by atoms with Gasteiger partial charge in [0.2, 0.25) is 0 Å². The van der Waals surface area contributed by atoms with Crippen LogP contribution in [-0.4, -0.2) is 27.9 Å². The molecule has 1 amide bonds. The Kier molecular flexibility index (Phi) is 5.04. The summed E-state index contributed by atoms with van der Waals surface area (Å²) in [6.07, 6.45) is 1.10. The zero-order chi connectivity index (χ0) is 21.1. The Labute approximate surface area is 171 Å². The van der Waals surface area contributed by atoms with Gasteiger partial charge in [0.1, 0.15) is 17.8 Å². The fourth-order valence-electron chi connectivity index (χ4n) is 3.11. The van der Waals surface area contributed by atoms with E-state index in [4.69, 9.17) is 4.74 Å². The molecule has 0 aliphatic carbocycles. The van der Waals surface area contributed by atoms with Gasteiger partial charge in [-0.25, -0.2) is 9.97 Å². The molecule has 0 saturated heterocycles. The lowest BCUT2D eigenvalue weighted by Crippen LogP contribution is -2.14. The normalized spacial score (nSPS) is 10.6. The summed E-state index contributed by atoms with van der Waals surface area (Å²) in [5, 5.41) is 14.2. The molecule has 0 fully saturated rings. The highest BCUT2D eigenvalue weighted by molar-refractivity contribution is 6.12. The Bertz CT molecular complexity index is 1260. The average molecular weight is 400 g/mol. The van der Waals surface area contributed by atoms with E-state index in [0.717, 1.165) is 11.8 Å². The van der Waals surface area contributed by atoms with Crippen LogP contribution in [0, 0.1) is 10.1 Å². The number of ether oxygens (including phenoxy) is 1. The molecule has 4 aromatic rings. The number of rotatable bonds is 5. The second-order valence-electron chi connectivity index (χ2n) is 6.39. The van der Waals surface area contributed by atoms with Crippen LogP contribution in [0.15, 0.2) is 72.9 Å². The quantitative estimate of drug-likeness (QED) is 0.391. The number of benzene rings is 2. The maximum Gasteiger partial charge on any atom is 0.287 e. The molecule has 8 heteroatoms. The van der Waals surface area contributed by atoms with Gasteiger partial charge in [-0.3, -0.25) is 14.9 Å². The molecule has 0 atom stereocenters. The van der Waals surface area contributed by atoms with Crippen LogP contribution in [-0.2, 0) is 0 Å². The van der Waals surface area contributed by atoms with E-state index in [1.54, 1.807) is 13.2 Å². The second-order valence-corrected chi connectivity index (χ2v) is 6.39. The van der Waals surface area contributed by atoms with Crippen LogP contribution in [0.2, 0.25) is 0 Å². The molecular formula is C22H16N4O4. The number of anilines is 1. The Morgan fingerprint density at radius 1 is 1.07 bits per heavy atom. The van der Waals surface area contributed by atoms with Crippen LogP contribution in [0.5, 0.6) is 5.75 Å². The van der Waals surface area contributed by atoms with E-state index >= 15 is 0 Å². The van der Waals surface area contributed by atoms with Gasteiger partial charge >= 0.3 is 0 Å². The number of nitrogens with zero attached hydrogens (tertiary/aromatic N) is 3. The van der Waals surface area contributed by atoms with Crippen molar-refractivity contribution in [3.05, 3.63) is 88.6 Å². The van der Waals surface area contributed by atoms with Gasteiger partial charge in [-0.1, -0.05) is 30.3 Å². The van der Waals surface area contributed by atoms with E-state index in [-0.39, 0.29) is 11.5 Å². The third-order valence-corrected chi connectivity index (χ3v) is 4.54. The SMILES string of the molecule is COc1ccccc1-c1cc(C(=O)Nc2ccc([N+](=O)[O-])cn2)c2ccccc2n1. The fourth-order valence-corrected chi connectivity index (χ4v) is 3.11. The van der Waals surface area contributed by atoms with Crippen molar-refractivity contribution < 1.29 is 14.5 Å². The van der Waals surface area contributed by atoms with Crippen LogP contribution in [0.4, 0.5) is 11.5 Å². The molecule has 2 aromatic heterocycles. The summed E-state index contributed by atoms with van der Waals surface area (Å²) < 4.78 is 5.43. The predicted molar refractivity (Wildman–Crippen MR) is 113 cm³/mol. The van der Waals surface area contributed by atoms with Crippen molar-refractivity contribution in [2.45, 2.75) is 0 Å². The number of amides is 1. The zero-order valence-electron chi connectivity index (χ0n) is 15.9. The molecule has 0 saturated carbocycles. The number of para-hydroxylation sites is 2. The van der Waals surface area contributed by atoms with Crippen molar-refractivity contribution in [3.63, 3.8) is 0 Å². The van der Waals surface area contributed by atoms with E-state index in [1.807, 2.05) is 48.5 Å². The smallest absolute Gasteiger partial charge is 0.287 e. The van der Waals surface area contributed by atoms with Crippen LogP contribution in [0.25, 0.3) is 22.2 Å². The number of nitro groups is 1. The highest BCUT2D eigenvalue weighted by Gasteiger charge is 2.16. The van der Waals surface area contributed by atoms with Gasteiger partial charge in [-0.2, -0.15) is 0 Å². The van der Waals surface area contributed by atoms with E-state index in [1.165, 1.54) is 12.1 Å². The summed E-state index contributed by atoms with van der Waals surface area (Å²) in [5.74, 6) is 0.458. The van der Waals surface area contributed by atoms with Crippen molar-refractivity contribution in [1.29, 1.82) is 0 Å². The molecule has 0 radical (unpaired) electrons. The van der Waals surface area contributed by atoms with Crippen molar-refractivity contribution in [2.24, 2.45) is 0 Å². The summed E-state index contributed by atoms with van der Waals surface area (Å²) >= 11 is 0. The van der Waals surface area contributed by atoms with E-state index in [0.29, 0.717) is 27.9 Å². The summed E-state index contributed by atoms with van der Waals surface area (Å²) in [4.78, 5) is 31.9. The minimum atomic E-state index is -0.547. The summed E-state index contributed by atoms with van der Waals surface area (Å²) in [6, 6.07) is 19.1. The van der Waals surface area contributed by atoms with Crippen LogP contribution in [0.1, 0.15) is 10.4 Å². The molecule has 30 heavy (non-hydrogen) atoms. The van der Waals surface area contributed by atoms with Gasteiger partial charge in [0.05, 0.1) is 28.8 Å². The van der Waals surface area contributed by atoms with E-state index in [2.05, 4.69) is 15.3 Å². The van der Waals surface area contributed by atoms with Gasteiger partial charge in [0.15, 0.2) is 0 Å². The number of pyridine rings is 2. The Hall–Kier alpha value is -4.33. The van der Waals surface area contributed by atoms with E-state index in [9.17, 15) is 14.9 Å². The summed E-state index contributed by atoms with van der Waals surface area (Å²) in [7, 11) is 1.58. The minimum absolute atomic E-state index is 0.152. The number of hydrogen-bond donors (Lipinski definition) is 1. The molecule has 0 spiro atoms. The Balaban J connectivity index is 1.77. The number of hydrogen-bond acceptors (Lipinski definition) is 6. The van der Waals surface area contributed by atoms with Gasteiger partial charge in [-0.15, -0.1) is 0 Å². The average Bonchev–Trinajstić information content (AvgIpc) is 2.78. The molecule has 0 aliphatic heterocycles. The maximum atomic E-state index is 13.0. The molecule has 4 rings (SSSR count). The van der Waals surface area contributed by atoms with Crippen molar-refractivity contribution in [1.82, 2.24) is 9.97 Å². The lowest BCUT2D eigenvalue weighted by atomic mass is 10.0. The Morgan fingerprint density at radius 2 is 1.83 bits per heavy atom. The number of aromatic nitrogens is 2. The number of carbonyl (C=O) groups excluding carboxylic acids is 1. The van der Waals surface area contributed by atoms with Gasteiger partial charge in [0.25, 0.3) is 11.6 Å². The van der Waals surface area contributed by atoms with Gasteiger partial charge < -0.3 is 10.1 Å². The first-order valence-electron chi connectivity index (χ1n) is 9.02. The predicted octanol–water partition coefficient (Wildman–Crippen LogP) is 4.47. The molecule has 2 heterocycles. The van der Waals surface area contributed by atoms with Crippen LogP contribution in [0.3, 0.4) is 0 Å². The largest absolute Gasteiger partial charge is 0.496 e. The monoisotopic (exact) mass is 400 g/mol. The summed E-state index contributed by atoms with van der Waals surface area (Å²) in [6.45, 7) is 0. The minimum Gasteiger partial charge on any atom is -0.496 e. The number of carbonyl (C=O) groups is 1. The molecule has 0 bridgehead atoms. The lowest BCUT2D eigenvalue weighted by molar-refractivity contribution is -0.385. The van der Waals surface area contributed by atoms with Crippen LogP contribution >= 0.6 is 0 Å². The zero-order valence-corrected chi connectivity index (χ0v) is 15.9. The van der Waals surface area contributed by atoms with Gasteiger partial charge in [-0.05, 0) is 30.3 Å². The molecule has 8 nitrogen and oxygen atoms in total. The summed E-state index contributed by atoms with van der Waals surface area (Å²) in [5.41, 5.74) is 2.26. The molecule has 1 N–H and O–H groups in total. The molecule has 0 aliphatic rings. The van der Waals surface area contributed by atoms with Crippen molar-refractivity contribution in [3.8, 4) is 17.0 Å². The molecule has 0 unspecified atom stereocenters. The van der Waals surface area contributed by atoms with Crippen molar-refractivity contribution in [2.75, 3.05) is 12.4 Å². The lowest BCUT2D eigenvalue weighted by Gasteiger charge is -2.12.